The fourth-order valence-corrected chi connectivity index (χ4v) is 2.39. The van der Waals surface area contributed by atoms with Gasteiger partial charge in [0.2, 0.25) is 5.91 Å². The maximum Gasteiger partial charge on any atom is 0.396 e. The molecule has 1 unspecified atom stereocenters. The number of carbonyl (C=O) groups is 1. The molecule has 0 radical (unpaired) electrons. The van der Waals surface area contributed by atoms with Crippen LogP contribution in [0.1, 0.15) is 23.5 Å². The predicted molar refractivity (Wildman–Crippen MR) is 84.7 cm³/mol. The summed E-state index contributed by atoms with van der Waals surface area (Å²) < 4.78 is 58.0. The Labute approximate surface area is 142 Å². The molecule has 134 valence electrons. The Balaban J connectivity index is 2.01. The summed E-state index contributed by atoms with van der Waals surface area (Å²) in [7, 11) is 1.32. The topological polar surface area (TPSA) is 38.3 Å². The van der Waals surface area contributed by atoms with Gasteiger partial charge in [0.15, 0.2) is 11.6 Å². The quantitative estimate of drug-likeness (QED) is 0.789. The second-order valence-electron chi connectivity index (χ2n) is 5.45. The summed E-state index contributed by atoms with van der Waals surface area (Å²) in [6.45, 7) is -0.0703. The summed E-state index contributed by atoms with van der Waals surface area (Å²) in [5, 5.41) is 2.39. The fraction of sp³-hybridized carbons (Fsp3) is 0.278. The highest BCUT2D eigenvalue weighted by molar-refractivity contribution is 5.77. The van der Waals surface area contributed by atoms with Gasteiger partial charge in [-0.1, -0.05) is 36.4 Å². The molecule has 1 N–H and O–H groups in total. The van der Waals surface area contributed by atoms with E-state index in [1.165, 1.54) is 43.5 Å². The lowest BCUT2D eigenvalue weighted by Crippen LogP contribution is -2.30. The second kappa shape index (κ2) is 8.00. The number of methoxy groups -OCH3 is 1. The van der Waals surface area contributed by atoms with Crippen LogP contribution in [0.25, 0.3) is 0 Å². The van der Waals surface area contributed by atoms with E-state index in [4.69, 9.17) is 4.74 Å². The summed E-state index contributed by atoms with van der Waals surface area (Å²) in [5.74, 6) is -3.20. The zero-order valence-electron chi connectivity index (χ0n) is 13.4. The molecule has 2 aromatic carbocycles. The molecule has 0 aromatic heterocycles. The number of alkyl halides is 3. The summed E-state index contributed by atoms with van der Waals surface area (Å²) in [6, 6.07) is 11.3. The monoisotopic (exact) mass is 355 g/mol. The van der Waals surface area contributed by atoms with Gasteiger partial charge in [-0.05, 0) is 23.3 Å². The van der Waals surface area contributed by atoms with Gasteiger partial charge in [0.1, 0.15) is 0 Å². The Morgan fingerprint density at radius 3 is 2.40 bits per heavy atom. The number of benzene rings is 2. The minimum absolute atomic E-state index is 0.0284. The lowest BCUT2D eigenvalue weighted by atomic mass is 9.95. The number of ether oxygens (including phenoxy) is 1. The van der Waals surface area contributed by atoms with Crippen LogP contribution in [0.2, 0.25) is 0 Å². The predicted octanol–water partition coefficient (Wildman–Crippen LogP) is 4.19. The molecule has 0 aliphatic carbocycles. The number of hydrogen-bond donors (Lipinski definition) is 1. The molecule has 1 atom stereocenters. The molecule has 0 aliphatic heterocycles. The molecule has 0 bridgehead atoms. The van der Waals surface area contributed by atoms with E-state index in [1.807, 2.05) is 0 Å². The van der Waals surface area contributed by atoms with Crippen molar-refractivity contribution in [2.24, 2.45) is 0 Å². The van der Waals surface area contributed by atoms with Crippen molar-refractivity contribution in [2.45, 2.75) is 25.1 Å². The first kappa shape index (κ1) is 18.8. The third-order valence-electron chi connectivity index (χ3n) is 3.69. The lowest BCUT2D eigenvalue weighted by Gasteiger charge is -2.20. The Morgan fingerprint density at radius 1 is 1.16 bits per heavy atom. The number of carbonyl (C=O) groups excluding carboxylic acids is 1. The van der Waals surface area contributed by atoms with Gasteiger partial charge in [0, 0.05) is 13.0 Å². The van der Waals surface area contributed by atoms with Crippen molar-refractivity contribution in [1.29, 1.82) is 0 Å². The minimum atomic E-state index is -4.54. The van der Waals surface area contributed by atoms with Gasteiger partial charge >= 0.3 is 6.18 Å². The first-order chi connectivity index (χ1) is 11.8. The van der Waals surface area contributed by atoms with Crippen LogP contribution in [0, 0.1) is 5.82 Å². The van der Waals surface area contributed by atoms with E-state index in [0.29, 0.717) is 5.56 Å². The van der Waals surface area contributed by atoms with Crippen LogP contribution in [-0.4, -0.2) is 19.2 Å². The SMILES string of the molecule is COc1ccc(CNC(=O)CC(c2ccccc2)C(F)(F)F)cc1F. The third kappa shape index (κ3) is 5.20. The molecule has 3 nitrogen and oxygen atoms in total. The van der Waals surface area contributed by atoms with Gasteiger partial charge in [-0.15, -0.1) is 0 Å². The van der Waals surface area contributed by atoms with E-state index in [9.17, 15) is 22.4 Å². The van der Waals surface area contributed by atoms with Gasteiger partial charge in [-0.25, -0.2) is 4.39 Å². The van der Waals surface area contributed by atoms with Crippen LogP contribution in [0.4, 0.5) is 17.6 Å². The van der Waals surface area contributed by atoms with Crippen molar-refractivity contribution in [1.82, 2.24) is 5.32 Å². The molecule has 2 aromatic rings. The number of nitrogens with one attached hydrogen (secondary N) is 1. The molecule has 0 heterocycles. The van der Waals surface area contributed by atoms with Gasteiger partial charge in [-0.3, -0.25) is 4.79 Å². The van der Waals surface area contributed by atoms with Crippen molar-refractivity contribution >= 4 is 5.91 Å². The van der Waals surface area contributed by atoms with Crippen molar-refractivity contribution in [2.75, 3.05) is 7.11 Å². The molecule has 0 saturated heterocycles. The molecular formula is C18H17F4NO2. The minimum Gasteiger partial charge on any atom is -0.494 e. The molecular weight excluding hydrogens is 338 g/mol. The van der Waals surface area contributed by atoms with Crippen molar-refractivity contribution in [3.8, 4) is 5.75 Å². The molecule has 2 rings (SSSR count). The van der Waals surface area contributed by atoms with Gasteiger partial charge in [-0.2, -0.15) is 13.2 Å². The molecule has 1 amide bonds. The van der Waals surface area contributed by atoms with Crippen LogP contribution < -0.4 is 10.1 Å². The second-order valence-corrected chi connectivity index (χ2v) is 5.45. The largest absolute Gasteiger partial charge is 0.494 e. The zero-order chi connectivity index (χ0) is 18.4. The number of rotatable bonds is 6. The summed E-state index contributed by atoms with van der Waals surface area (Å²) >= 11 is 0. The smallest absolute Gasteiger partial charge is 0.396 e. The number of halogens is 4. The molecule has 0 aliphatic rings. The maximum absolute atomic E-state index is 13.6. The summed E-state index contributed by atoms with van der Waals surface area (Å²) in [4.78, 5) is 11.9. The van der Waals surface area contributed by atoms with Gasteiger partial charge in [0.05, 0.1) is 13.0 Å². The van der Waals surface area contributed by atoms with Crippen LogP contribution >= 0.6 is 0 Å². The Hall–Kier alpha value is -2.57. The molecule has 7 heteroatoms. The van der Waals surface area contributed by atoms with Gasteiger partial charge < -0.3 is 10.1 Å². The van der Waals surface area contributed by atoms with Crippen LogP contribution in [0.3, 0.4) is 0 Å². The highest BCUT2D eigenvalue weighted by atomic mass is 19.4. The molecule has 0 fully saturated rings. The Kier molecular flexibility index (Phi) is 6.01. The van der Waals surface area contributed by atoms with Crippen LogP contribution in [0.15, 0.2) is 48.5 Å². The lowest BCUT2D eigenvalue weighted by molar-refractivity contribution is -0.157. The Bertz CT molecular complexity index is 717. The highest BCUT2D eigenvalue weighted by Gasteiger charge is 2.41. The average Bonchev–Trinajstić information content (AvgIpc) is 2.57. The molecule has 25 heavy (non-hydrogen) atoms. The first-order valence-electron chi connectivity index (χ1n) is 7.52. The van der Waals surface area contributed by atoms with Crippen LogP contribution in [0.5, 0.6) is 5.75 Å². The highest BCUT2D eigenvalue weighted by Crippen LogP contribution is 2.37. The van der Waals surface area contributed by atoms with E-state index in [2.05, 4.69) is 5.32 Å². The van der Waals surface area contributed by atoms with E-state index >= 15 is 0 Å². The maximum atomic E-state index is 13.6. The van der Waals surface area contributed by atoms with Crippen molar-refractivity contribution in [3.63, 3.8) is 0 Å². The summed E-state index contributed by atoms with van der Waals surface area (Å²) in [5.41, 5.74) is 0.454. The fourth-order valence-electron chi connectivity index (χ4n) is 2.39. The summed E-state index contributed by atoms with van der Waals surface area (Å²) in [6.07, 6.45) is -5.27. The third-order valence-corrected chi connectivity index (χ3v) is 3.69. The van der Waals surface area contributed by atoms with Crippen molar-refractivity contribution < 1.29 is 27.1 Å². The number of hydrogen-bond acceptors (Lipinski definition) is 2. The van der Waals surface area contributed by atoms with Gasteiger partial charge in [0.25, 0.3) is 0 Å². The first-order valence-corrected chi connectivity index (χ1v) is 7.52. The average molecular weight is 355 g/mol. The van der Waals surface area contributed by atoms with E-state index in [0.717, 1.165) is 6.07 Å². The molecule has 0 spiro atoms. The normalized spacial score (nSPS) is 12.5. The zero-order valence-corrected chi connectivity index (χ0v) is 13.4. The number of amides is 1. The van der Waals surface area contributed by atoms with E-state index in [-0.39, 0.29) is 17.9 Å². The Morgan fingerprint density at radius 2 is 1.84 bits per heavy atom. The van der Waals surface area contributed by atoms with E-state index in [1.54, 1.807) is 6.07 Å². The van der Waals surface area contributed by atoms with Crippen LogP contribution in [-0.2, 0) is 11.3 Å². The van der Waals surface area contributed by atoms with Crippen molar-refractivity contribution in [3.05, 3.63) is 65.5 Å². The van der Waals surface area contributed by atoms with E-state index < -0.39 is 30.2 Å². The standard InChI is InChI=1S/C18H17F4NO2/c1-25-16-8-7-12(9-15(16)19)11-23-17(24)10-14(18(20,21)22)13-5-3-2-4-6-13/h2-9,14H,10-11H2,1H3,(H,23,24). The molecule has 0 saturated carbocycles.